The van der Waals surface area contributed by atoms with Crippen molar-refractivity contribution < 1.29 is 19.1 Å². The van der Waals surface area contributed by atoms with Crippen LogP contribution in [0.2, 0.25) is 0 Å². The highest BCUT2D eigenvalue weighted by molar-refractivity contribution is 6.02. The van der Waals surface area contributed by atoms with E-state index in [0.717, 1.165) is 0 Å². The van der Waals surface area contributed by atoms with E-state index in [1.165, 1.54) is 24.3 Å². The van der Waals surface area contributed by atoms with Gasteiger partial charge in [-0.05, 0) is 24.3 Å². The van der Waals surface area contributed by atoms with Gasteiger partial charge >= 0.3 is 5.97 Å². The summed E-state index contributed by atoms with van der Waals surface area (Å²) in [6.07, 6.45) is -1.35. The first-order valence-electron chi connectivity index (χ1n) is 9.20. The Morgan fingerprint density at radius 2 is 1.43 bits per heavy atom. The number of hydrogen-bond acceptors (Lipinski definition) is 5. The first kappa shape index (κ1) is 20.5. The maximum absolute atomic E-state index is 13.0. The van der Waals surface area contributed by atoms with Gasteiger partial charge in [0.05, 0.1) is 11.6 Å². The molecule has 0 aliphatic rings. The molecule has 0 fully saturated rings. The van der Waals surface area contributed by atoms with Crippen molar-refractivity contribution in [3.63, 3.8) is 0 Å². The second-order valence-electron chi connectivity index (χ2n) is 6.39. The van der Waals surface area contributed by atoms with Crippen LogP contribution in [-0.2, 0) is 9.53 Å². The molecule has 0 aliphatic heterocycles. The Hall–Kier alpha value is -4.24. The Bertz CT molecular complexity index is 1070. The summed E-state index contributed by atoms with van der Waals surface area (Å²) in [6.45, 7) is 0. The molecule has 1 atom stereocenters. The minimum Gasteiger partial charge on any atom is -0.445 e. The summed E-state index contributed by atoms with van der Waals surface area (Å²) in [7, 11) is 0. The first-order chi connectivity index (χ1) is 14.6. The van der Waals surface area contributed by atoms with Crippen LogP contribution in [0, 0.1) is 11.3 Å². The number of anilines is 1. The van der Waals surface area contributed by atoms with Crippen molar-refractivity contribution in [3.8, 4) is 6.07 Å². The monoisotopic (exact) mass is 398 g/mol. The maximum Gasteiger partial charge on any atom is 0.339 e. The molecule has 3 aromatic rings. The number of rotatable bonds is 7. The maximum atomic E-state index is 13.0. The fourth-order valence-corrected chi connectivity index (χ4v) is 2.80. The smallest absolute Gasteiger partial charge is 0.339 e. The highest BCUT2D eigenvalue weighted by atomic mass is 16.5. The number of ether oxygens (including phenoxy) is 1. The highest BCUT2D eigenvalue weighted by Crippen LogP contribution is 2.24. The molecule has 0 saturated heterocycles. The van der Waals surface area contributed by atoms with Gasteiger partial charge in [-0.1, -0.05) is 60.7 Å². The second-order valence-corrected chi connectivity index (χ2v) is 6.39. The van der Waals surface area contributed by atoms with Gasteiger partial charge in [0.25, 0.3) is 0 Å². The molecule has 1 amide bonds. The number of ketones is 1. The van der Waals surface area contributed by atoms with Crippen molar-refractivity contribution in [3.05, 3.63) is 102 Å². The molecule has 0 unspecified atom stereocenters. The Morgan fingerprint density at radius 3 is 2.03 bits per heavy atom. The number of amides is 1. The van der Waals surface area contributed by atoms with Gasteiger partial charge in [-0.3, -0.25) is 9.59 Å². The zero-order valence-corrected chi connectivity index (χ0v) is 15.9. The van der Waals surface area contributed by atoms with Crippen LogP contribution < -0.4 is 5.32 Å². The molecule has 3 aromatic carbocycles. The van der Waals surface area contributed by atoms with E-state index < -0.39 is 18.0 Å². The number of hydrogen-bond donors (Lipinski definition) is 1. The molecule has 0 radical (unpaired) electrons. The molecule has 0 spiro atoms. The minimum absolute atomic E-state index is 0.232. The third-order valence-electron chi connectivity index (χ3n) is 4.27. The molecule has 0 saturated carbocycles. The first-order valence-corrected chi connectivity index (χ1v) is 9.20. The van der Waals surface area contributed by atoms with Crippen molar-refractivity contribution in [1.82, 2.24) is 0 Å². The number of carbonyl (C=O) groups excluding carboxylic acids is 3. The number of nitrogens with one attached hydrogen (secondary N) is 1. The van der Waals surface area contributed by atoms with Crippen molar-refractivity contribution in [2.45, 2.75) is 12.5 Å². The Kier molecular flexibility index (Phi) is 6.70. The lowest BCUT2D eigenvalue weighted by molar-refractivity contribution is -0.115. The normalized spacial score (nSPS) is 11.0. The van der Waals surface area contributed by atoms with Crippen molar-refractivity contribution in [2.24, 2.45) is 0 Å². The lowest BCUT2D eigenvalue weighted by Gasteiger charge is -2.17. The van der Waals surface area contributed by atoms with Gasteiger partial charge < -0.3 is 10.1 Å². The molecule has 6 nitrogen and oxygen atoms in total. The third kappa shape index (κ3) is 5.18. The summed E-state index contributed by atoms with van der Waals surface area (Å²) in [4.78, 5) is 37.2. The largest absolute Gasteiger partial charge is 0.445 e. The average Bonchev–Trinajstić information content (AvgIpc) is 2.78. The Labute approximate surface area is 173 Å². The van der Waals surface area contributed by atoms with E-state index in [-0.39, 0.29) is 17.8 Å². The van der Waals surface area contributed by atoms with E-state index in [2.05, 4.69) is 5.32 Å². The van der Waals surface area contributed by atoms with Crippen molar-refractivity contribution in [2.75, 3.05) is 5.32 Å². The molecular formula is C24H18N2O4. The molecule has 1 N–H and O–H groups in total. The molecule has 6 heteroatoms. The third-order valence-corrected chi connectivity index (χ3v) is 4.27. The van der Waals surface area contributed by atoms with Crippen LogP contribution in [0.25, 0.3) is 0 Å². The Morgan fingerprint density at radius 1 is 0.833 bits per heavy atom. The number of benzene rings is 3. The van der Waals surface area contributed by atoms with Gasteiger partial charge in [0.2, 0.25) is 11.7 Å². The average molecular weight is 398 g/mol. The second kappa shape index (κ2) is 9.80. The fraction of sp³-hybridized carbons (Fsp3) is 0.0833. The van der Waals surface area contributed by atoms with Crippen LogP contribution in [0.3, 0.4) is 0 Å². The van der Waals surface area contributed by atoms with E-state index >= 15 is 0 Å². The minimum atomic E-state index is -1.09. The summed E-state index contributed by atoms with van der Waals surface area (Å²) in [5, 5.41) is 11.1. The fourth-order valence-electron chi connectivity index (χ4n) is 2.80. The molecule has 148 valence electrons. The standard InChI is InChI=1S/C24H18N2O4/c25-16-15-21(27)26-20-13-11-19(12-14-20)24(29)30-23(18-9-5-2-6-10-18)22(28)17-7-3-1-4-8-17/h1-14,23H,15H2,(H,26,27)/t23-/m1/s1. The van der Waals surface area contributed by atoms with Crippen LogP contribution in [0.4, 0.5) is 5.69 Å². The van der Waals surface area contributed by atoms with Gasteiger partial charge in [0, 0.05) is 16.8 Å². The lowest BCUT2D eigenvalue weighted by Crippen LogP contribution is -2.20. The summed E-state index contributed by atoms with van der Waals surface area (Å²) in [6, 6.07) is 25.2. The van der Waals surface area contributed by atoms with Crippen LogP contribution in [0.15, 0.2) is 84.9 Å². The van der Waals surface area contributed by atoms with Gasteiger partial charge in [-0.25, -0.2) is 4.79 Å². The lowest BCUT2D eigenvalue weighted by atomic mass is 10.00. The topological polar surface area (TPSA) is 96.3 Å². The molecule has 3 rings (SSSR count). The highest BCUT2D eigenvalue weighted by Gasteiger charge is 2.26. The van der Waals surface area contributed by atoms with E-state index in [4.69, 9.17) is 10.00 Å². The van der Waals surface area contributed by atoms with Gasteiger partial charge in [0.15, 0.2) is 6.10 Å². The quantitative estimate of drug-likeness (QED) is 0.472. The van der Waals surface area contributed by atoms with Crippen LogP contribution >= 0.6 is 0 Å². The molecule has 0 bridgehead atoms. The van der Waals surface area contributed by atoms with Gasteiger partial charge in [0.1, 0.15) is 6.42 Å². The number of nitriles is 1. The number of nitrogens with zero attached hydrogens (tertiary/aromatic N) is 1. The predicted octanol–water partition coefficient (Wildman–Crippen LogP) is 4.32. The van der Waals surface area contributed by atoms with Crippen LogP contribution in [0.1, 0.15) is 38.8 Å². The number of carbonyl (C=O) groups is 3. The molecule has 0 aliphatic carbocycles. The molecule has 0 heterocycles. The SMILES string of the molecule is N#CCC(=O)Nc1ccc(C(=O)O[C@@H](C(=O)c2ccccc2)c2ccccc2)cc1. The predicted molar refractivity (Wildman–Crippen MR) is 111 cm³/mol. The number of esters is 1. The van der Waals surface area contributed by atoms with E-state index in [9.17, 15) is 14.4 Å². The van der Waals surface area contributed by atoms with Crippen LogP contribution in [0.5, 0.6) is 0 Å². The van der Waals surface area contributed by atoms with Crippen LogP contribution in [-0.4, -0.2) is 17.7 Å². The van der Waals surface area contributed by atoms with Gasteiger partial charge in [-0.15, -0.1) is 0 Å². The van der Waals surface area contributed by atoms with Gasteiger partial charge in [-0.2, -0.15) is 5.26 Å². The van der Waals surface area contributed by atoms with Crippen molar-refractivity contribution >= 4 is 23.3 Å². The summed E-state index contributed by atoms with van der Waals surface area (Å²) >= 11 is 0. The molecule has 30 heavy (non-hydrogen) atoms. The van der Waals surface area contributed by atoms with E-state index in [1.807, 2.05) is 6.07 Å². The zero-order valence-electron chi connectivity index (χ0n) is 15.9. The molecular weight excluding hydrogens is 380 g/mol. The summed E-state index contributed by atoms with van der Waals surface area (Å²) < 4.78 is 5.58. The zero-order chi connectivity index (χ0) is 21.3. The Balaban J connectivity index is 1.79. The molecule has 0 aromatic heterocycles. The van der Waals surface area contributed by atoms with E-state index in [1.54, 1.807) is 60.7 Å². The number of Topliss-reactive ketones (excluding diaryl/α,β-unsaturated/α-hetero) is 1. The van der Waals surface area contributed by atoms with Crippen molar-refractivity contribution in [1.29, 1.82) is 5.26 Å². The summed E-state index contributed by atoms with van der Waals surface area (Å²) in [5.41, 5.74) is 1.69. The van der Waals surface area contributed by atoms with E-state index in [0.29, 0.717) is 16.8 Å². The summed E-state index contributed by atoms with van der Waals surface area (Å²) in [5.74, 6) is -1.43.